The fourth-order valence-corrected chi connectivity index (χ4v) is 2.55. The van der Waals surface area contributed by atoms with Gasteiger partial charge in [0, 0.05) is 18.2 Å². The van der Waals surface area contributed by atoms with Gasteiger partial charge < -0.3 is 10.3 Å². The van der Waals surface area contributed by atoms with Crippen molar-refractivity contribution in [3.8, 4) is 0 Å². The van der Waals surface area contributed by atoms with Gasteiger partial charge in [-0.25, -0.2) is 0 Å². The first-order valence-electron chi connectivity index (χ1n) is 7.15. The van der Waals surface area contributed by atoms with Crippen molar-refractivity contribution in [1.82, 2.24) is 15.3 Å². The zero-order chi connectivity index (χ0) is 13.8. The minimum atomic E-state index is -0.143. The summed E-state index contributed by atoms with van der Waals surface area (Å²) in [5.74, 6) is 0.683. The summed E-state index contributed by atoms with van der Waals surface area (Å²) in [6.45, 7) is 0.995. The zero-order valence-corrected chi connectivity index (χ0v) is 11.4. The highest BCUT2D eigenvalue weighted by molar-refractivity contribution is 5.27. The van der Waals surface area contributed by atoms with Gasteiger partial charge in [-0.05, 0) is 31.4 Å². The van der Waals surface area contributed by atoms with Crippen molar-refractivity contribution in [2.45, 2.75) is 31.2 Å². The Balaban J connectivity index is 1.37. The van der Waals surface area contributed by atoms with Crippen LogP contribution in [0, 0.1) is 0 Å². The molecule has 20 heavy (non-hydrogen) atoms. The second-order valence-electron chi connectivity index (χ2n) is 5.32. The number of aryl methyl sites for hydroxylation is 1. The van der Waals surface area contributed by atoms with Gasteiger partial charge in [0.05, 0.1) is 11.9 Å². The van der Waals surface area contributed by atoms with Gasteiger partial charge in [-0.15, -0.1) is 0 Å². The molecule has 0 amide bonds. The number of benzene rings is 1. The lowest BCUT2D eigenvalue weighted by Gasteiger charge is -2.04. The van der Waals surface area contributed by atoms with Crippen LogP contribution in [-0.2, 0) is 6.42 Å². The average Bonchev–Trinajstić information content (AvgIpc) is 3.26. The molecule has 0 radical (unpaired) electrons. The minimum Gasteiger partial charge on any atom is -0.326 e. The number of nitrogens with zero attached hydrogens (tertiary/aromatic N) is 1. The van der Waals surface area contributed by atoms with E-state index in [0.717, 1.165) is 25.1 Å². The molecular formula is C16H19N3O. The first-order chi connectivity index (χ1) is 9.83. The third-order valence-corrected chi connectivity index (χ3v) is 3.76. The Morgan fingerprint density at radius 2 is 2.15 bits per heavy atom. The summed E-state index contributed by atoms with van der Waals surface area (Å²) >= 11 is 0. The Hall–Kier alpha value is -1.94. The molecular weight excluding hydrogens is 250 g/mol. The van der Waals surface area contributed by atoms with E-state index in [-0.39, 0.29) is 5.56 Å². The maximum Gasteiger partial charge on any atom is 0.266 e. The molecule has 0 bridgehead atoms. The summed E-state index contributed by atoms with van der Waals surface area (Å²) in [5, 5.41) is 3.59. The van der Waals surface area contributed by atoms with Crippen molar-refractivity contribution in [3.63, 3.8) is 0 Å². The second kappa shape index (κ2) is 6.01. The number of hydrogen-bond acceptors (Lipinski definition) is 3. The summed E-state index contributed by atoms with van der Waals surface area (Å²) in [4.78, 5) is 17.6. The highest BCUT2D eigenvalue weighted by Crippen LogP contribution is 2.40. The predicted octanol–water partition coefficient (Wildman–Crippen LogP) is 1.85. The van der Waals surface area contributed by atoms with E-state index in [4.69, 9.17) is 0 Å². The molecule has 2 aromatic rings. The van der Waals surface area contributed by atoms with Crippen molar-refractivity contribution >= 4 is 0 Å². The molecule has 104 valence electrons. The highest BCUT2D eigenvalue weighted by atomic mass is 16.1. The lowest BCUT2D eigenvalue weighted by molar-refractivity contribution is 0.630. The third kappa shape index (κ3) is 3.33. The maximum absolute atomic E-state index is 10.9. The molecule has 2 N–H and O–H groups in total. The predicted molar refractivity (Wildman–Crippen MR) is 78.8 cm³/mol. The van der Waals surface area contributed by atoms with Crippen molar-refractivity contribution in [2.75, 3.05) is 6.54 Å². The van der Waals surface area contributed by atoms with Crippen molar-refractivity contribution in [2.24, 2.45) is 0 Å². The van der Waals surface area contributed by atoms with Crippen LogP contribution in [0.15, 0.2) is 47.5 Å². The number of hydrogen-bond donors (Lipinski definition) is 2. The number of aromatic amines is 1. The molecule has 2 atom stereocenters. The van der Waals surface area contributed by atoms with E-state index in [9.17, 15) is 4.79 Å². The number of aromatic nitrogens is 2. The van der Waals surface area contributed by atoms with E-state index in [1.54, 1.807) is 6.20 Å². The van der Waals surface area contributed by atoms with Gasteiger partial charge in [-0.3, -0.25) is 9.78 Å². The summed E-state index contributed by atoms with van der Waals surface area (Å²) in [7, 11) is 0. The Morgan fingerprint density at radius 3 is 2.90 bits per heavy atom. The zero-order valence-electron chi connectivity index (χ0n) is 11.4. The first-order valence-corrected chi connectivity index (χ1v) is 7.15. The van der Waals surface area contributed by atoms with Gasteiger partial charge in [0.25, 0.3) is 5.56 Å². The SMILES string of the molecule is O=c1cnc(CCCN[C@@H]2C[C@H]2c2ccccc2)c[nH]1. The molecule has 1 fully saturated rings. The van der Waals surface area contributed by atoms with E-state index < -0.39 is 0 Å². The number of H-pyrrole nitrogens is 1. The molecule has 4 heteroatoms. The quantitative estimate of drug-likeness (QED) is 0.787. The lowest BCUT2D eigenvalue weighted by atomic mass is 10.1. The van der Waals surface area contributed by atoms with E-state index in [2.05, 4.69) is 45.6 Å². The Bertz CT molecular complexity index is 588. The molecule has 0 unspecified atom stereocenters. The monoisotopic (exact) mass is 269 g/mol. The standard InChI is InChI=1S/C16H19N3O/c20-16-11-18-13(10-19-16)7-4-8-17-15-9-14(15)12-5-2-1-3-6-12/h1-3,5-6,10-11,14-15,17H,4,7-9H2,(H,19,20)/t14-,15+/m0/s1. The molecule has 1 aliphatic rings. The fourth-order valence-electron chi connectivity index (χ4n) is 2.55. The van der Waals surface area contributed by atoms with Crippen LogP contribution in [0.1, 0.15) is 30.0 Å². The van der Waals surface area contributed by atoms with E-state index in [0.29, 0.717) is 12.0 Å². The number of nitrogens with one attached hydrogen (secondary N) is 2. The van der Waals surface area contributed by atoms with Gasteiger partial charge in [-0.2, -0.15) is 0 Å². The van der Waals surface area contributed by atoms with Crippen LogP contribution in [0.2, 0.25) is 0 Å². The fraction of sp³-hybridized carbons (Fsp3) is 0.375. The van der Waals surface area contributed by atoms with Crippen LogP contribution in [0.5, 0.6) is 0 Å². The normalized spacial score (nSPS) is 20.8. The molecule has 1 aromatic heterocycles. The molecule has 4 nitrogen and oxygen atoms in total. The van der Waals surface area contributed by atoms with E-state index >= 15 is 0 Å². The first kappa shape index (κ1) is 13.1. The van der Waals surface area contributed by atoms with Gasteiger partial charge in [0.2, 0.25) is 0 Å². The summed E-state index contributed by atoms with van der Waals surface area (Å²) in [6.07, 6.45) is 6.21. The molecule has 1 aliphatic carbocycles. The van der Waals surface area contributed by atoms with E-state index in [1.165, 1.54) is 18.2 Å². The van der Waals surface area contributed by atoms with Crippen LogP contribution in [0.4, 0.5) is 0 Å². The highest BCUT2D eigenvalue weighted by Gasteiger charge is 2.37. The number of rotatable bonds is 6. The van der Waals surface area contributed by atoms with Crippen LogP contribution in [-0.4, -0.2) is 22.6 Å². The third-order valence-electron chi connectivity index (χ3n) is 3.76. The minimum absolute atomic E-state index is 0.143. The smallest absolute Gasteiger partial charge is 0.266 e. The summed E-state index contributed by atoms with van der Waals surface area (Å²) in [6, 6.07) is 11.3. The van der Waals surface area contributed by atoms with Crippen LogP contribution in [0.3, 0.4) is 0 Å². The Kier molecular flexibility index (Phi) is 3.92. The molecule has 3 rings (SSSR count). The van der Waals surface area contributed by atoms with Gasteiger partial charge in [0.15, 0.2) is 0 Å². The van der Waals surface area contributed by atoms with Gasteiger partial charge in [0.1, 0.15) is 0 Å². The largest absolute Gasteiger partial charge is 0.326 e. The molecule has 0 spiro atoms. The summed E-state index contributed by atoms with van der Waals surface area (Å²) < 4.78 is 0. The molecule has 1 aromatic carbocycles. The van der Waals surface area contributed by atoms with Crippen LogP contribution < -0.4 is 10.9 Å². The lowest BCUT2D eigenvalue weighted by Crippen LogP contribution is -2.20. The van der Waals surface area contributed by atoms with Gasteiger partial charge in [-0.1, -0.05) is 30.3 Å². The van der Waals surface area contributed by atoms with Crippen molar-refractivity contribution in [3.05, 3.63) is 64.3 Å². The molecule has 0 aliphatic heterocycles. The van der Waals surface area contributed by atoms with Crippen molar-refractivity contribution < 1.29 is 0 Å². The van der Waals surface area contributed by atoms with Crippen LogP contribution >= 0.6 is 0 Å². The van der Waals surface area contributed by atoms with Crippen LogP contribution in [0.25, 0.3) is 0 Å². The van der Waals surface area contributed by atoms with E-state index in [1.807, 2.05) is 0 Å². The van der Waals surface area contributed by atoms with Crippen molar-refractivity contribution in [1.29, 1.82) is 0 Å². The summed E-state index contributed by atoms with van der Waals surface area (Å²) in [5.41, 5.74) is 2.24. The van der Waals surface area contributed by atoms with Gasteiger partial charge >= 0.3 is 0 Å². The average molecular weight is 269 g/mol. The Labute approximate surface area is 118 Å². The maximum atomic E-state index is 10.9. The topological polar surface area (TPSA) is 57.8 Å². The molecule has 0 saturated heterocycles. The molecule has 1 heterocycles. The molecule has 1 saturated carbocycles. The second-order valence-corrected chi connectivity index (χ2v) is 5.32. The Morgan fingerprint density at radius 1 is 1.30 bits per heavy atom.